The smallest absolute Gasteiger partial charge is 0.490 e. The Morgan fingerprint density at radius 3 is 2.32 bits per heavy atom. The van der Waals surface area contributed by atoms with Crippen molar-refractivity contribution in [1.29, 1.82) is 0 Å². The molecule has 0 aliphatic carbocycles. The molecule has 0 spiro atoms. The SMILES string of the molecule is CC[C@H](C)Nc1nc2cnncc2nc1N1CCC(Oc2ccc(OC)cc2F)CC1.O=C(O)C(F)(F)F. The molecule has 4 rings (SSSR count). The lowest BCUT2D eigenvalue weighted by Crippen LogP contribution is -2.39. The summed E-state index contributed by atoms with van der Waals surface area (Å²) in [7, 11) is 1.51. The number of carboxylic acids is 1. The maximum Gasteiger partial charge on any atom is 0.490 e. The lowest BCUT2D eigenvalue weighted by Gasteiger charge is -2.34. The Morgan fingerprint density at radius 1 is 1.18 bits per heavy atom. The summed E-state index contributed by atoms with van der Waals surface area (Å²) >= 11 is 0. The second kappa shape index (κ2) is 12.5. The quantitative estimate of drug-likeness (QED) is 0.415. The van der Waals surface area contributed by atoms with Crippen LogP contribution in [0.1, 0.15) is 33.1 Å². The number of rotatable bonds is 7. The van der Waals surface area contributed by atoms with Crippen LogP contribution in [0.2, 0.25) is 0 Å². The average molecular weight is 541 g/mol. The van der Waals surface area contributed by atoms with E-state index in [9.17, 15) is 17.6 Å². The molecule has 0 saturated carbocycles. The Hall–Kier alpha value is -3.97. The van der Waals surface area contributed by atoms with Gasteiger partial charge < -0.3 is 24.8 Å². The first-order valence-corrected chi connectivity index (χ1v) is 11.8. The van der Waals surface area contributed by atoms with Crippen LogP contribution in [0.25, 0.3) is 11.0 Å². The molecule has 1 saturated heterocycles. The van der Waals surface area contributed by atoms with Crippen molar-refractivity contribution in [2.75, 3.05) is 30.4 Å². The standard InChI is InChI=1S/C22H27FN6O2.C2HF3O2/c1-4-14(2)26-21-22(28-19-13-25-24-12-18(19)27-21)29-9-7-15(8-10-29)31-20-6-5-16(30-3)11-17(20)23;3-2(4,5)1(6)7/h5-6,11-15H,4,7-10H2,1-3H3,(H,26,27);(H,6,7)/t14-;/m0./s1. The number of fused-ring (bicyclic) bond motifs is 1. The minimum Gasteiger partial charge on any atom is -0.497 e. The lowest BCUT2D eigenvalue weighted by atomic mass is 10.1. The first kappa shape index (κ1) is 28.6. The third kappa shape index (κ3) is 7.52. The van der Waals surface area contributed by atoms with Crippen molar-refractivity contribution in [3.05, 3.63) is 36.4 Å². The number of hydrogen-bond donors (Lipinski definition) is 2. The van der Waals surface area contributed by atoms with Crippen LogP contribution >= 0.6 is 0 Å². The van der Waals surface area contributed by atoms with Crippen LogP contribution in [0.3, 0.4) is 0 Å². The molecule has 0 unspecified atom stereocenters. The molecule has 1 aliphatic heterocycles. The van der Waals surface area contributed by atoms with Gasteiger partial charge in [-0.15, -0.1) is 0 Å². The molecule has 206 valence electrons. The molecule has 1 atom stereocenters. The normalized spacial score (nSPS) is 14.9. The number of anilines is 2. The van der Waals surface area contributed by atoms with Crippen molar-refractivity contribution in [1.82, 2.24) is 20.2 Å². The van der Waals surface area contributed by atoms with E-state index in [1.54, 1.807) is 24.5 Å². The van der Waals surface area contributed by atoms with Crippen molar-refractivity contribution >= 4 is 28.6 Å². The van der Waals surface area contributed by atoms with E-state index in [-0.39, 0.29) is 17.9 Å². The molecule has 10 nitrogen and oxygen atoms in total. The fourth-order valence-electron chi connectivity index (χ4n) is 3.54. The average Bonchev–Trinajstić information content (AvgIpc) is 2.89. The zero-order valence-electron chi connectivity index (χ0n) is 21.0. The third-order valence-corrected chi connectivity index (χ3v) is 5.77. The highest BCUT2D eigenvalue weighted by atomic mass is 19.4. The number of alkyl halides is 3. The van der Waals surface area contributed by atoms with Crippen LogP contribution in [0.15, 0.2) is 30.6 Å². The van der Waals surface area contributed by atoms with Crippen LogP contribution in [0, 0.1) is 5.82 Å². The number of carbonyl (C=O) groups is 1. The summed E-state index contributed by atoms with van der Waals surface area (Å²) < 4.78 is 56.9. The number of piperidine rings is 1. The number of benzene rings is 1. The van der Waals surface area contributed by atoms with Gasteiger partial charge in [0.15, 0.2) is 23.2 Å². The maximum atomic E-state index is 14.2. The zero-order valence-corrected chi connectivity index (χ0v) is 21.0. The van der Waals surface area contributed by atoms with Gasteiger partial charge >= 0.3 is 12.1 Å². The van der Waals surface area contributed by atoms with Crippen molar-refractivity contribution in [3.8, 4) is 11.5 Å². The molecule has 0 radical (unpaired) electrons. The van der Waals surface area contributed by atoms with Gasteiger partial charge in [0.2, 0.25) is 0 Å². The number of ether oxygens (including phenoxy) is 2. The number of methoxy groups -OCH3 is 1. The fraction of sp³-hybridized carbons (Fsp3) is 0.458. The predicted octanol–water partition coefficient (Wildman–Crippen LogP) is 4.46. The van der Waals surface area contributed by atoms with Crippen LogP contribution in [0.5, 0.6) is 11.5 Å². The maximum absolute atomic E-state index is 14.2. The first-order chi connectivity index (χ1) is 18.0. The highest BCUT2D eigenvalue weighted by Crippen LogP contribution is 2.30. The highest BCUT2D eigenvalue weighted by Gasteiger charge is 2.38. The molecule has 38 heavy (non-hydrogen) atoms. The predicted molar refractivity (Wildman–Crippen MR) is 131 cm³/mol. The largest absolute Gasteiger partial charge is 0.497 e. The van der Waals surface area contributed by atoms with Gasteiger partial charge in [-0.3, -0.25) is 0 Å². The summed E-state index contributed by atoms with van der Waals surface area (Å²) in [5.74, 6) is -0.899. The summed E-state index contributed by atoms with van der Waals surface area (Å²) in [6.45, 7) is 5.70. The van der Waals surface area contributed by atoms with E-state index < -0.39 is 18.0 Å². The molecule has 14 heteroatoms. The molecule has 2 N–H and O–H groups in total. The summed E-state index contributed by atoms with van der Waals surface area (Å²) in [6.07, 6.45) is 0.574. The summed E-state index contributed by atoms with van der Waals surface area (Å²) in [5.41, 5.74) is 1.41. The Kier molecular flexibility index (Phi) is 9.42. The second-order valence-electron chi connectivity index (χ2n) is 8.51. The van der Waals surface area contributed by atoms with E-state index in [1.807, 2.05) is 0 Å². The van der Waals surface area contributed by atoms with Gasteiger partial charge in [-0.1, -0.05) is 6.92 Å². The van der Waals surface area contributed by atoms with E-state index in [1.165, 1.54) is 13.2 Å². The summed E-state index contributed by atoms with van der Waals surface area (Å²) in [5, 5.41) is 18.4. The topological polar surface area (TPSA) is 123 Å². The van der Waals surface area contributed by atoms with Crippen molar-refractivity contribution in [2.24, 2.45) is 0 Å². The van der Waals surface area contributed by atoms with E-state index in [4.69, 9.17) is 29.3 Å². The highest BCUT2D eigenvalue weighted by molar-refractivity contribution is 5.79. The minimum absolute atomic E-state index is 0.0654. The lowest BCUT2D eigenvalue weighted by molar-refractivity contribution is -0.192. The van der Waals surface area contributed by atoms with Crippen LogP contribution in [-0.2, 0) is 4.79 Å². The number of carboxylic acid groups (broad SMARTS) is 1. The van der Waals surface area contributed by atoms with Gasteiger partial charge in [0, 0.05) is 38.0 Å². The van der Waals surface area contributed by atoms with Gasteiger partial charge in [-0.2, -0.15) is 23.4 Å². The molecule has 1 fully saturated rings. The Labute approximate surface area is 216 Å². The molecule has 3 heterocycles. The van der Waals surface area contributed by atoms with Gasteiger partial charge in [0.05, 0.1) is 19.5 Å². The van der Waals surface area contributed by atoms with Gasteiger partial charge in [0.25, 0.3) is 0 Å². The van der Waals surface area contributed by atoms with Gasteiger partial charge in [-0.05, 0) is 25.5 Å². The molecule has 1 aromatic carbocycles. The number of hydrogen-bond acceptors (Lipinski definition) is 9. The van der Waals surface area contributed by atoms with E-state index in [2.05, 4.69) is 34.3 Å². The molecule has 1 aliphatic rings. The molecule has 0 amide bonds. The van der Waals surface area contributed by atoms with E-state index >= 15 is 0 Å². The van der Waals surface area contributed by atoms with Crippen molar-refractivity contribution in [2.45, 2.75) is 51.4 Å². The Bertz CT molecular complexity index is 1240. The number of aromatic nitrogens is 4. The molecular weight excluding hydrogens is 512 g/mol. The second-order valence-corrected chi connectivity index (χ2v) is 8.51. The molecule has 0 bridgehead atoms. The Morgan fingerprint density at radius 2 is 1.79 bits per heavy atom. The van der Waals surface area contributed by atoms with E-state index in [0.717, 1.165) is 44.0 Å². The number of nitrogens with one attached hydrogen (secondary N) is 1. The molecule has 2 aromatic heterocycles. The Balaban J connectivity index is 0.000000505. The number of aliphatic carboxylic acids is 1. The van der Waals surface area contributed by atoms with Crippen LogP contribution in [0.4, 0.5) is 29.2 Å². The third-order valence-electron chi connectivity index (χ3n) is 5.77. The monoisotopic (exact) mass is 540 g/mol. The zero-order chi connectivity index (χ0) is 27.9. The summed E-state index contributed by atoms with van der Waals surface area (Å²) in [6, 6.07) is 4.92. The number of halogens is 4. The van der Waals surface area contributed by atoms with Gasteiger partial charge in [0.1, 0.15) is 22.9 Å². The first-order valence-electron chi connectivity index (χ1n) is 11.8. The van der Waals surface area contributed by atoms with Gasteiger partial charge in [-0.25, -0.2) is 19.2 Å². The van der Waals surface area contributed by atoms with Crippen LogP contribution < -0.4 is 19.7 Å². The van der Waals surface area contributed by atoms with Crippen molar-refractivity contribution in [3.63, 3.8) is 0 Å². The van der Waals surface area contributed by atoms with E-state index in [0.29, 0.717) is 16.8 Å². The number of nitrogens with zero attached hydrogens (tertiary/aromatic N) is 5. The van der Waals surface area contributed by atoms with Crippen LogP contribution in [-0.4, -0.2) is 69.8 Å². The minimum atomic E-state index is -5.08. The molecular formula is C24H28F4N6O4. The summed E-state index contributed by atoms with van der Waals surface area (Å²) in [4.78, 5) is 20.6. The fourth-order valence-corrected chi connectivity index (χ4v) is 3.54. The molecule has 3 aromatic rings. The van der Waals surface area contributed by atoms with Crippen molar-refractivity contribution < 1.29 is 36.9 Å².